The summed E-state index contributed by atoms with van der Waals surface area (Å²) in [5.41, 5.74) is 11.8. The molecule has 0 fully saturated rings. The van der Waals surface area contributed by atoms with Gasteiger partial charge in [-0.2, -0.15) is 0 Å². The van der Waals surface area contributed by atoms with E-state index in [2.05, 4.69) is 97.9 Å². The molecule has 4 heteroatoms. The van der Waals surface area contributed by atoms with E-state index >= 15 is 9.13 Å². The summed E-state index contributed by atoms with van der Waals surface area (Å²) in [5.74, 6) is 0. The Morgan fingerprint density at radius 3 is 1.21 bits per heavy atom. The summed E-state index contributed by atoms with van der Waals surface area (Å²) in [5, 5.41) is 4.77. The van der Waals surface area contributed by atoms with Crippen molar-refractivity contribution in [3.8, 4) is 11.1 Å². The van der Waals surface area contributed by atoms with Gasteiger partial charge < -0.3 is 9.13 Å². The van der Waals surface area contributed by atoms with Gasteiger partial charge in [0, 0.05) is 31.8 Å². The second-order valence-electron chi connectivity index (χ2n) is 14.7. The van der Waals surface area contributed by atoms with Crippen LogP contribution >= 0.6 is 14.3 Å². The van der Waals surface area contributed by atoms with Crippen molar-refractivity contribution in [2.45, 2.75) is 6.92 Å². The van der Waals surface area contributed by atoms with Crippen molar-refractivity contribution in [2.75, 3.05) is 0 Å². The van der Waals surface area contributed by atoms with Gasteiger partial charge in [0.15, 0.2) is 14.3 Å². The molecule has 57 heavy (non-hydrogen) atoms. The fourth-order valence-electron chi connectivity index (χ4n) is 8.81. The van der Waals surface area contributed by atoms with E-state index in [-0.39, 0.29) is 0 Å². The second-order valence-corrected chi connectivity index (χ2v) is 20.2. The Morgan fingerprint density at radius 2 is 0.719 bits per heavy atom. The van der Waals surface area contributed by atoms with Gasteiger partial charge >= 0.3 is 0 Å². The van der Waals surface area contributed by atoms with Crippen molar-refractivity contribution >= 4 is 69.4 Å². The largest absolute Gasteiger partial charge is 0.309 e. The van der Waals surface area contributed by atoms with Crippen LogP contribution in [0.1, 0.15) is 38.9 Å². The Kier molecular flexibility index (Phi) is 8.64. The predicted octanol–water partition coefficient (Wildman–Crippen LogP) is 10.7. The molecule has 2 nitrogen and oxygen atoms in total. The zero-order valence-electron chi connectivity index (χ0n) is 31.4. The molecule has 2 aliphatic rings. The molecule has 8 aromatic rings. The van der Waals surface area contributed by atoms with Crippen LogP contribution in [0.5, 0.6) is 0 Å². The zero-order valence-corrected chi connectivity index (χ0v) is 33.2. The van der Waals surface area contributed by atoms with Gasteiger partial charge in [-0.05, 0) is 80.3 Å². The summed E-state index contributed by atoms with van der Waals surface area (Å²) in [6.07, 6.45) is 4.40. The van der Waals surface area contributed by atoms with Crippen molar-refractivity contribution in [3.05, 3.63) is 239 Å². The molecule has 272 valence electrons. The number of hydrogen-bond acceptors (Lipinski definition) is 2. The van der Waals surface area contributed by atoms with Crippen molar-refractivity contribution < 1.29 is 9.13 Å². The quantitative estimate of drug-likeness (QED) is 0.158. The van der Waals surface area contributed by atoms with Crippen LogP contribution in [0.25, 0.3) is 34.4 Å². The van der Waals surface area contributed by atoms with Gasteiger partial charge in [-0.3, -0.25) is 0 Å². The summed E-state index contributed by atoms with van der Waals surface area (Å²) >= 11 is 0. The molecule has 0 saturated carbocycles. The number of fused-ring (bicyclic) bond motifs is 5. The Morgan fingerprint density at radius 1 is 0.316 bits per heavy atom. The van der Waals surface area contributed by atoms with Crippen LogP contribution in [0.2, 0.25) is 0 Å². The van der Waals surface area contributed by atoms with Gasteiger partial charge in [0.2, 0.25) is 0 Å². The summed E-state index contributed by atoms with van der Waals surface area (Å²) < 4.78 is 32.0. The third-order valence-corrected chi connectivity index (χ3v) is 17.8. The molecule has 0 amide bonds. The first-order chi connectivity index (χ1) is 28.0. The van der Waals surface area contributed by atoms with Crippen molar-refractivity contribution in [2.24, 2.45) is 0 Å². The average Bonchev–Trinajstić information content (AvgIpc) is 3.48. The minimum absolute atomic E-state index is 0.772. The number of hydrogen-bond donors (Lipinski definition) is 0. The lowest BCUT2D eigenvalue weighted by Crippen LogP contribution is -2.27. The molecule has 0 N–H and O–H groups in total. The molecule has 0 bridgehead atoms. The normalized spacial score (nSPS) is 13.0. The van der Waals surface area contributed by atoms with Crippen molar-refractivity contribution in [3.63, 3.8) is 0 Å². The monoisotopic (exact) mass is 768 g/mol. The van der Waals surface area contributed by atoms with Crippen LogP contribution in [-0.4, -0.2) is 0 Å². The molecule has 8 aromatic carbocycles. The van der Waals surface area contributed by atoms with E-state index in [1.807, 2.05) is 121 Å². The lowest BCUT2D eigenvalue weighted by molar-refractivity contribution is 0.591. The molecule has 0 radical (unpaired) electrons. The molecule has 2 aliphatic carbocycles. The fraction of sp³-hybridized carbons (Fsp3) is 0.0189. The maximum atomic E-state index is 16.1. The maximum absolute atomic E-state index is 16.1. The maximum Gasteiger partial charge on any atom is 0.171 e. The molecule has 0 saturated heterocycles. The molecular formula is C53H38O2P2. The third kappa shape index (κ3) is 5.63. The standard InChI is InChI=1S/C53H38O2P2/c1-37-34-48-47-33-32-44(56(54,40-20-6-2-7-21-40)41-22-8-3-9-23-41)35-49(47)53(52-45-28-16-14-18-38(45)30-31-39-19-15-17-29-46(39)52)50(48)36-51(37)57(55,42-24-10-4-11-25-42)43-26-12-5-13-27-43/h2-36H,1H3. The van der Waals surface area contributed by atoms with E-state index in [0.717, 1.165) is 93.0 Å². The van der Waals surface area contributed by atoms with Crippen LogP contribution in [0.15, 0.2) is 200 Å². The number of rotatable bonds is 6. The smallest absolute Gasteiger partial charge is 0.171 e. The van der Waals surface area contributed by atoms with E-state index in [1.165, 1.54) is 0 Å². The van der Waals surface area contributed by atoms with E-state index in [4.69, 9.17) is 0 Å². The minimum Gasteiger partial charge on any atom is -0.309 e. The number of benzene rings is 8. The summed E-state index contributed by atoms with van der Waals surface area (Å²) in [6.45, 7) is 2.09. The molecule has 0 aliphatic heterocycles. The van der Waals surface area contributed by atoms with Gasteiger partial charge in [0.1, 0.15) is 0 Å². The SMILES string of the molecule is Cc1cc2c(cc1P(=O)(c1ccccc1)c1ccccc1)C(=C1c3ccccc3C=Cc3ccccc31)c1cc(P(=O)(c3ccccc3)c3ccccc3)ccc1-2. The summed E-state index contributed by atoms with van der Waals surface area (Å²) in [7, 11) is -6.66. The first kappa shape index (κ1) is 35.1. The fourth-order valence-corrected chi connectivity index (χ4v) is 14.4. The first-order valence-electron chi connectivity index (χ1n) is 19.3. The van der Waals surface area contributed by atoms with Gasteiger partial charge in [0.25, 0.3) is 0 Å². The summed E-state index contributed by atoms with van der Waals surface area (Å²) in [6, 6.07) is 67.6. The minimum atomic E-state index is -3.34. The zero-order chi connectivity index (χ0) is 38.6. The van der Waals surface area contributed by atoms with Gasteiger partial charge in [0.05, 0.1) is 0 Å². The molecule has 0 atom stereocenters. The average molecular weight is 769 g/mol. The highest BCUT2D eigenvalue weighted by atomic mass is 31.2. The van der Waals surface area contributed by atoms with E-state index in [9.17, 15) is 0 Å². The first-order valence-corrected chi connectivity index (χ1v) is 22.7. The Bertz CT molecular complexity index is 2860. The van der Waals surface area contributed by atoms with Crippen LogP contribution in [0, 0.1) is 6.92 Å². The van der Waals surface area contributed by atoms with E-state index in [0.29, 0.717) is 0 Å². The van der Waals surface area contributed by atoms with Crippen LogP contribution in [-0.2, 0) is 9.13 Å². The molecule has 0 heterocycles. The van der Waals surface area contributed by atoms with Crippen molar-refractivity contribution in [1.82, 2.24) is 0 Å². The Balaban J connectivity index is 1.33. The molecule has 0 unspecified atom stereocenters. The van der Waals surface area contributed by atoms with Crippen molar-refractivity contribution in [1.29, 1.82) is 0 Å². The lowest BCUT2D eigenvalue weighted by Gasteiger charge is -2.24. The van der Waals surface area contributed by atoms with Gasteiger partial charge in [-0.25, -0.2) is 0 Å². The molecule has 0 spiro atoms. The van der Waals surface area contributed by atoms with E-state index < -0.39 is 14.3 Å². The highest BCUT2D eigenvalue weighted by Gasteiger charge is 2.38. The van der Waals surface area contributed by atoms with Crippen LogP contribution < -0.4 is 31.8 Å². The lowest BCUT2D eigenvalue weighted by atomic mass is 9.86. The van der Waals surface area contributed by atoms with E-state index in [1.54, 1.807) is 0 Å². The van der Waals surface area contributed by atoms with Crippen LogP contribution in [0.4, 0.5) is 0 Å². The Labute approximate surface area is 334 Å². The summed E-state index contributed by atoms with van der Waals surface area (Å²) in [4.78, 5) is 0. The molecule has 0 aromatic heterocycles. The Hall–Kier alpha value is -6.30. The second kappa shape index (κ2) is 14.0. The third-order valence-electron chi connectivity index (χ3n) is 11.5. The predicted molar refractivity (Wildman–Crippen MR) is 242 cm³/mol. The molecular weight excluding hydrogens is 731 g/mol. The van der Waals surface area contributed by atoms with Gasteiger partial charge in [-0.1, -0.05) is 200 Å². The highest BCUT2D eigenvalue weighted by Crippen LogP contribution is 2.54. The van der Waals surface area contributed by atoms with Crippen LogP contribution in [0.3, 0.4) is 0 Å². The highest BCUT2D eigenvalue weighted by molar-refractivity contribution is 7.85. The topological polar surface area (TPSA) is 34.1 Å². The molecule has 10 rings (SSSR count). The van der Waals surface area contributed by atoms with Gasteiger partial charge in [-0.15, -0.1) is 0 Å². The number of aryl methyl sites for hydroxylation is 1.